The first-order chi connectivity index (χ1) is 9.95. The molecular weight excluding hydrogens is 350 g/mol. The van der Waals surface area contributed by atoms with Crippen molar-refractivity contribution in [1.82, 2.24) is 0 Å². The van der Waals surface area contributed by atoms with Crippen LogP contribution in [0.2, 0.25) is 0 Å². The molecule has 0 fully saturated rings. The van der Waals surface area contributed by atoms with Gasteiger partial charge >= 0.3 is 5.97 Å². The van der Waals surface area contributed by atoms with Crippen molar-refractivity contribution in [2.75, 3.05) is 11.9 Å². The van der Waals surface area contributed by atoms with Gasteiger partial charge in [-0.15, -0.1) is 11.3 Å². The van der Waals surface area contributed by atoms with E-state index in [1.807, 2.05) is 32.2 Å². The van der Waals surface area contributed by atoms with E-state index >= 15 is 0 Å². The Morgan fingerprint density at radius 3 is 2.81 bits per heavy atom. The molecule has 0 aliphatic rings. The number of aliphatic carboxylic acids is 1. The van der Waals surface area contributed by atoms with Crippen LogP contribution in [-0.4, -0.2) is 18.1 Å². The summed E-state index contributed by atoms with van der Waals surface area (Å²) in [6.45, 7) is 2.77. The molecule has 2 aromatic rings. The number of rotatable bonds is 5. The summed E-state index contributed by atoms with van der Waals surface area (Å²) in [6, 6.07) is 8.16. The Morgan fingerprint density at radius 2 is 2.19 bits per heavy atom. The van der Waals surface area contributed by atoms with E-state index in [1.165, 1.54) is 11.6 Å². The van der Waals surface area contributed by atoms with Gasteiger partial charge in [0, 0.05) is 25.4 Å². The summed E-state index contributed by atoms with van der Waals surface area (Å²) in [7, 11) is 2.01. The maximum atomic E-state index is 10.7. The summed E-state index contributed by atoms with van der Waals surface area (Å²) in [6.07, 6.45) is 2.82. The van der Waals surface area contributed by atoms with Gasteiger partial charge in [0.2, 0.25) is 0 Å². The normalized spacial score (nSPS) is 11.0. The standard InChI is InChI=1S/C16H16BrNO2S/c1-11-3-5-14(13(7-11)4-6-16(19)20)18(2)9-12-8-15(17)21-10-12/h3-8,10H,9H2,1-2H3,(H,19,20)/b6-4+. The van der Waals surface area contributed by atoms with Gasteiger partial charge in [-0.1, -0.05) is 11.6 Å². The Hall–Kier alpha value is -1.59. The number of carbonyl (C=O) groups is 1. The maximum absolute atomic E-state index is 10.7. The number of hydrogen-bond acceptors (Lipinski definition) is 3. The van der Waals surface area contributed by atoms with Gasteiger partial charge in [0.05, 0.1) is 3.79 Å². The Labute approximate surface area is 136 Å². The summed E-state index contributed by atoms with van der Waals surface area (Å²) in [5, 5.41) is 10.9. The number of nitrogens with zero attached hydrogens (tertiary/aromatic N) is 1. The van der Waals surface area contributed by atoms with Crippen molar-refractivity contribution in [1.29, 1.82) is 0 Å². The third-order valence-electron chi connectivity index (χ3n) is 3.04. The van der Waals surface area contributed by atoms with Crippen LogP contribution in [0.15, 0.2) is 39.5 Å². The molecule has 0 saturated heterocycles. The van der Waals surface area contributed by atoms with Crippen LogP contribution in [0.5, 0.6) is 0 Å². The van der Waals surface area contributed by atoms with Crippen LogP contribution in [0.3, 0.4) is 0 Å². The van der Waals surface area contributed by atoms with Crippen molar-refractivity contribution in [3.63, 3.8) is 0 Å². The highest BCUT2D eigenvalue weighted by Crippen LogP contribution is 2.26. The first-order valence-electron chi connectivity index (χ1n) is 6.41. The average Bonchev–Trinajstić information content (AvgIpc) is 2.81. The molecule has 0 unspecified atom stereocenters. The van der Waals surface area contributed by atoms with E-state index < -0.39 is 5.97 Å². The summed E-state index contributed by atoms with van der Waals surface area (Å²) >= 11 is 5.13. The number of halogens is 1. The van der Waals surface area contributed by atoms with Crippen LogP contribution in [0, 0.1) is 6.92 Å². The van der Waals surface area contributed by atoms with Crippen molar-refractivity contribution in [2.45, 2.75) is 13.5 Å². The lowest BCUT2D eigenvalue weighted by molar-refractivity contribution is -0.131. The minimum absolute atomic E-state index is 0.777. The van der Waals surface area contributed by atoms with E-state index in [9.17, 15) is 4.79 Å². The van der Waals surface area contributed by atoms with E-state index in [1.54, 1.807) is 17.4 Å². The first kappa shape index (κ1) is 15.8. The highest BCUT2D eigenvalue weighted by atomic mass is 79.9. The van der Waals surface area contributed by atoms with Crippen molar-refractivity contribution >= 4 is 45.0 Å². The van der Waals surface area contributed by atoms with Gasteiger partial charge < -0.3 is 10.0 Å². The van der Waals surface area contributed by atoms with Crippen molar-refractivity contribution in [3.8, 4) is 0 Å². The summed E-state index contributed by atoms with van der Waals surface area (Å²) in [5.74, 6) is -0.938. The van der Waals surface area contributed by atoms with Gasteiger partial charge in [-0.25, -0.2) is 4.79 Å². The smallest absolute Gasteiger partial charge is 0.328 e. The SMILES string of the molecule is Cc1ccc(N(C)Cc2csc(Br)c2)c(/C=C/C(=O)O)c1. The molecule has 0 amide bonds. The molecule has 5 heteroatoms. The van der Waals surface area contributed by atoms with Gasteiger partial charge in [0.25, 0.3) is 0 Å². The van der Waals surface area contributed by atoms with Crippen LogP contribution in [0.4, 0.5) is 5.69 Å². The minimum Gasteiger partial charge on any atom is -0.478 e. The predicted octanol–water partition coefficient (Wildman–Crippen LogP) is 4.55. The molecule has 1 aromatic carbocycles. The molecule has 1 aromatic heterocycles. The molecule has 0 aliphatic carbocycles. The molecule has 0 bridgehead atoms. The number of aryl methyl sites for hydroxylation is 1. The number of benzene rings is 1. The van der Waals surface area contributed by atoms with Crippen molar-refractivity contribution in [2.24, 2.45) is 0 Å². The fourth-order valence-corrected chi connectivity index (χ4v) is 3.30. The molecule has 110 valence electrons. The third kappa shape index (κ3) is 4.44. The summed E-state index contributed by atoms with van der Waals surface area (Å²) < 4.78 is 1.11. The second-order valence-electron chi connectivity index (χ2n) is 4.85. The lowest BCUT2D eigenvalue weighted by Crippen LogP contribution is -2.17. The first-order valence-corrected chi connectivity index (χ1v) is 8.08. The lowest BCUT2D eigenvalue weighted by Gasteiger charge is -2.21. The van der Waals surface area contributed by atoms with E-state index in [2.05, 4.69) is 32.3 Å². The monoisotopic (exact) mass is 365 g/mol. The zero-order chi connectivity index (χ0) is 15.4. The van der Waals surface area contributed by atoms with Crippen LogP contribution in [0.1, 0.15) is 16.7 Å². The lowest BCUT2D eigenvalue weighted by atomic mass is 10.1. The zero-order valence-electron chi connectivity index (χ0n) is 11.8. The second-order valence-corrected chi connectivity index (χ2v) is 7.14. The van der Waals surface area contributed by atoms with Crippen LogP contribution >= 0.6 is 27.3 Å². The molecule has 1 heterocycles. The Kier molecular flexibility index (Phi) is 5.20. The fourth-order valence-electron chi connectivity index (χ4n) is 2.10. The minimum atomic E-state index is -0.938. The number of anilines is 1. The maximum Gasteiger partial charge on any atom is 0.328 e. The van der Waals surface area contributed by atoms with E-state index in [0.29, 0.717) is 0 Å². The molecule has 0 radical (unpaired) electrons. The highest BCUT2D eigenvalue weighted by Gasteiger charge is 2.08. The summed E-state index contributed by atoms with van der Waals surface area (Å²) in [5.41, 5.74) is 4.26. The molecule has 3 nitrogen and oxygen atoms in total. The average molecular weight is 366 g/mol. The van der Waals surface area contributed by atoms with Gasteiger partial charge in [-0.05, 0) is 63.6 Å². The van der Waals surface area contributed by atoms with Gasteiger partial charge in [0.1, 0.15) is 0 Å². The molecule has 0 aliphatic heterocycles. The predicted molar refractivity (Wildman–Crippen MR) is 92.0 cm³/mol. The molecule has 0 atom stereocenters. The fraction of sp³-hybridized carbons (Fsp3) is 0.188. The molecule has 2 rings (SSSR count). The van der Waals surface area contributed by atoms with Crippen LogP contribution < -0.4 is 4.90 Å². The Bertz CT molecular complexity index is 679. The number of thiophene rings is 1. The quantitative estimate of drug-likeness (QED) is 0.789. The van der Waals surface area contributed by atoms with Crippen molar-refractivity contribution < 1.29 is 9.90 Å². The second kappa shape index (κ2) is 6.91. The molecule has 21 heavy (non-hydrogen) atoms. The van der Waals surface area contributed by atoms with E-state index in [4.69, 9.17) is 5.11 Å². The third-order valence-corrected chi connectivity index (χ3v) is 4.59. The van der Waals surface area contributed by atoms with Gasteiger partial charge in [-0.2, -0.15) is 0 Å². The topological polar surface area (TPSA) is 40.5 Å². The van der Waals surface area contributed by atoms with Crippen LogP contribution in [0.25, 0.3) is 6.08 Å². The zero-order valence-corrected chi connectivity index (χ0v) is 14.2. The largest absolute Gasteiger partial charge is 0.478 e. The number of carboxylic acid groups (broad SMARTS) is 1. The number of hydrogen-bond donors (Lipinski definition) is 1. The molecule has 1 N–H and O–H groups in total. The van der Waals surface area contributed by atoms with E-state index in [-0.39, 0.29) is 0 Å². The summed E-state index contributed by atoms with van der Waals surface area (Å²) in [4.78, 5) is 12.8. The Balaban J connectivity index is 2.27. The molecule has 0 spiro atoms. The number of carboxylic acids is 1. The van der Waals surface area contributed by atoms with Gasteiger partial charge in [0.15, 0.2) is 0 Å². The van der Waals surface area contributed by atoms with E-state index in [0.717, 1.165) is 27.1 Å². The molecule has 0 saturated carbocycles. The Morgan fingerprint density at radius 1 is 1.43 bits per heavy atom. The highest BCUT2D eigenvalue weighted by molar-refractivity contribution is 9.11. The van der Waals surface area contributed by atoms with Crippen molar-refractivity contribution in [3.05, 3.63) is 56.2 Å². The van der Waals surface area contributed by atoms with Gasteiger partial charge in [-0.3, -0.25) is 0 Å². The molecular formula is C16H16BrNO2S. The van der Waals surface area contributed by atoms with Crippen LogP contribution in [-0.2, 0) is 11.3 Å².